The van der Waals surface area contributed by atoms with E-state index in [1.807, 2.05) is 6.07 Å². The normalized spacial score (nSPS) is 15.2. The van der Waals surface area contributed by atoms with Crippen molar-refractivity contribution in [2.45, 2.75) is 33.4 Å². The standard InChI is InChI=1S/C22H29N3O2/c1-16(2)24-7-9-25(10-8-24)21-12-17(3)11-20(14-21)23-15-18-5-4-6-19(13-18)22(26)27/h4-6,11-14,16,23H,7-10,15H2,1-3H3,(H,26,27). The zero-order valence-corrected chi connectivity index (χ0v) is 16.4. The first-order valence-electron chi connectivity index (χ1n) is 9.59. The number of benzene rings is 2. The lowest BCUT2D eigenvalue weighted by Crippen LogP contribution is -2.48. The summed E-state index contributed by atoms with van der Waals surface area (Å²) in [6.07, 6.45) is 0. The maximum Gasteiger partial charge on any atom is 0.335 e. The molecule has 2 N–H and O–H groups in total. The minimum Gasteiger partial charge on any atom is -0.478 e. The van der Waals surface area contributed by atoms with Crippen LogP contribution in [0.3, 0.4) is 0 Å². The molecule has 0 unspecified atom stereocenters. The zero-order chi connectivity index (χ0) is 19.4. The SMILES string of the molecule is Cc1cc(NCc2cccc(C(=O)O)c2)cc(N2CCN(C(C)C)CC2)c1. The quantitative estimate of drug-likeness (QED) is 0.812. The Hall–Kier alpha value is -2.53. The monoisotopic (exact) mass is 367 g/mol. The third kappa shape index (κ3) is 5.01. The van der Waals surface area contributed by atoms with E-state index in [2.05, 4.69) is 54.1 Å². The van der Waals surface area contributed by atoms with Gasteiger partial charge in [0.2, 0.25) is 0 Å². The number of rotatable bonds is 6. The molecule has 144 valence electrons. The van der Waals surface area contributed by atoms with Crippen LogP contribution in [0.2, 0.25) is 0 Å². The highest BCUT2D eigenvalue weighted by atomic mass is 16.4. The van der Waals surface area contributed by atoms with Crippen molar-refractivity contribution >= 4 is 17.3 Å². The number of carbonyl (C=O) groups is 1. The molecule has 27 heavy (non-hydrogen) atoms. The number of nitrogens with zero attached hydrogens (tertiary/aromatic N) is 2. The lowest BCUT2D eigenvalue weighted by atomic mass is 10.1. The Kier molecular flexibility index (Phi) is 6.01. The van der Waals surface area contributed by atoms with E-state index in [-0.39, 0.29) is 0 Å². The molecule has 0 aliphatic carbocycles. The van der Waals surface area contributed by atoms with Crippen LogP contribution in [0.5, 0.6) is 0 Å². The molecule has 2 aromatic rings. The lowest BCUT2D eigenvalue weighted by molar-refractivity contribution is 0.0696. The molecule has 0 amide bonds. The van der Waals surface area contributed by atoms with Crippen LogP contribution < -0.4 is 10.2 Å². The maximum absolute atomic E-state index is 11.1. The molecule has 0 atom stereocenters. The first-order chi connectivity index (χ1) is 12.9. The van der Waals surface area contributed by atoms with Gasteiger partial charge in [-0.25, -0.2) is 4.79 Å². The summed E-state index contributed by atoms with van der Waals surface area (Å²) >= 11 is 0. The molecule has 3 rings (SSSR count). The van der Waals surface area contributed by atoms with Crippen LogP contribution in [0, 0.1) is 6.92 Å². The predicted molar refractivity (Wildman–Crippen MR) is 111 cm³/mol. The van der Waals surface area contributed by atoms with Crippen molar-refractivity contribution in [3.63, 3.8) is 0 Å². The van der Waals surface area contributed by atoms with Crippen molar-refractivity contribution in [2.75, 3.05) is 36.4 Å². The fraction of sp³-hybridized carbons (Fsp3) is 0.409. The lowest BCUT2D eigenvalue weighted by Gasteiger charge is -2.38. The fourth-order valence-electron chi connectivity index (χ4n) is 3.56. The van der Waals surface area contributed by atoms with Gasteiger partial charge in [-0.2, -0.15) is 0 Å². The molecule has 0 bridgehead atoms. The smallest absolute Gasteiger partial charge is 0.335 e. The summed E-state index contributed by atoms with van der Waals surface area (Å²) in [5.41, 5.74) is 4.82. The number of anilines is 2. The second-order valence-electron chi connectivity index (χ2n) is 7.53. The van der Waals surface area contributed by atoms with Crippen LogP contribution in [-0.2, 0) is 6.54 Å². The first-order valence-corrected chi connectivity index (χ1v) is 9.59. The number of aryl methyl sites for hydroxylation is 1. The molecule has 0 aromatic heterocycles. The number of hydrogen-bond donors (Lipinski definition) is 2. The summed E-state index contributed by atoms with van der Waals surface area (Å²) in [7, 11) is 0. The Morgan fingerprint density at radius 3 is 2.52 bits per heavy atom. The van der Waals surface area contributed by atoms with Gasteiger partial charge < -0.3 is 15.3 Å². The highest BCUT2D eigenvalue weighted by molar-refractivity contribution is 5.87. The number of piperazine rings is 1. The average Bonchev–Trinajstić information content (AvgIpc) is 2.66. The molecule has 0 spiro atoms. The Morgan fingerprint density at radius 2 is 1.85 bits per heavy atom. The van der Waals surface area contributed by atoms with Crippen LogP contribution in [0.25, 0.3) is 0 Å². The Bertz CT molecular complexity index is 796. The molecule has 2 aromatic carbocycles. The summed E-state index contributed by atoms with van der Waals surface area (Å²) in [4.78, 5) is 16.1. The molecular weight excluding hydrogens is 338 g/mol. The number of aromatic carboxylic acids is 1. The predicted octanol–water partition coefficient (Wildman–Crippen LogP) is 3.84. The van der Waals surface area contributed by atoms with Crippen LogP contribution in [0.15, 0.2) is 42.5 Å². The van der Waals surface area contributed by atoms with Gasteiger partial charge in [-0.15, -0.1) is 0 Å². The van der Waals surface area contributed by atoms with Gasteiger partial charge in [0.1, 0.15) is 0 Å². The second kappa shape index (κ2) is 8.44. The molecular formula is C22H29N3O2. The van der Waals surface area contributed by atoms with E-state index in [9.17, 15) is 4.79 Å². The van der Waals surface area contributed by atoms with Crippen LogP contribution >= 0.6 is 0 Å². The Labute approximate surface area is 161 Å². The maximum atomic E-state index is 11.1. The molecule has 5 heteroatoms. The number of carboxylic acid groups (broad SMARTS) is 1. The minimum atomic E-state index is -0.893. The second-order valence-corrected chi connectivity index (χ2v) is 7.53. The molecule has 1 saturated heterocycles. The van der Waals surface area contributed by atoms with Gasteiger partial charge in [-0.3, -0.25) is 4.90 Å². The van der Waals surface area contributed by atoms with Crippen molar-refractivity contribution in [2.24, 2.45) is 0 Å². The topological polar surface area (TPSA) is 55.8 Å². The summed E-state index contributed by atoms with van der Waals surface area (Å²) < 4.78 is 0. The highest BCUT2D eigenvalue weighted by Crippen LogP contribution is 2.24. The van der Waals surface area contributed by atoms with E-state index in [1.54, 1.807) is 18.2 Å². The summed E-state index contributed by atoms with van der Waals surface area (Å²) in [6, 6.07) is 14.2. The largest absolute Gasteiger partial charge is 0.478 e. The van der Waals surface area contributed by atoms with Gasteiger partial charge in [0.15, 0.2) is 0 Å². The molecule has 5 nitrogen and oxygen atoms in total. The van der Waals surface area contributed by atoms with Gasteiger partial charge >= 0.3 is 5.97 Å². The van der Waals surface area contributed by atoms with Crippen molar-refractivity contribution in [1.29, 1.82) is 0 Å². The van der Waals surface area contributed by atoms with E-state index in [1.165, 1.54) is 11.3 Å². The van der Waals surface area contributed by atoms with Crippen molar-refractivity contribution in [3.05, 3.63) is 59.2 Å². The van der Waals surface area contributed by atoms with Crippen molar-refractivity contribution in [3.8, 4) is 0 Å². The molecule has 0 saturated carbocycles. The summed E-state index contributed by atoms with van der Waals surface area (Å²) in [5, 5.41) is 12.6. The molecule has 1 aliphatic rings. The van der Waals surface area contributed by atoms with Gasteiger partial charge in [0.25, 0.3) is 0 Å². The number of nitrogens with one attached hydrogen (secondary N) is 1. The van der Waals surface area contributed by atoms with Crippen molar-refractivity contribution < 1.29 is 9.90 Å². The average molecular weight is 367 g/mol. The van der Waals surface area contributed by atoms with Gasteiger partial charge in [-0.05, 0) is 62.2 Å². The molecule has 1 heterocycles. The van der Waals surface area contributed by atoms with E-state index < -0.39 is 5.97 Å². The van der Waals surface area contributed by atoms with E-state index in [0.717, 1.165) is 37.4 Å². The number of carboxylic acids is 1. The molecule has 0 radical (unpaired) electrons. The first kappa shape index (κ1) is 19.2. The molecule has 1 fully saturated rings. The third-order valence-electron chi connectivity index (χ3n) is 5.14. The number of hydrogen-bond acceptors (Lipinski definition) is 4. The van der Waals surface area contributed by atoms with Gasteiger partial charge in [-0.1, -0.05) is 12.1 Å². The highest BCUT2D eigenvalue weighted by Gasteiger charge is 2.19. The minimum absolute atomic E-state index is 0.322. The summed E-state index contributed by atoms with van der Waals surface area (Å²) in [6.45, 7) is 11.5. The van der Waals surface area contributed by atoms with Crippen molar-refractivity contribution in [1.82, 2.24) is 4.90 Å². The third-order valence-corrected chi connectivity index (χ3v) is 5.14. The molecule has 1 aliphatic heterocycles. The van der Waals surface area contributed by atoms with Gasteiger partial charge in [0, 0.05) is 50.1 Å². The Morgan fingerprint density at radius 1 is 1.11 bits per heavy atom. The van der Waals surface area contributed by atoms with E-state index in [4.69, 9.17) is 5.11 Å². The summed E-state index contributed by atoms with van der Waals surface area (Å²) in [5.74, 6) is -0.893. The van der Waals surface area contributed by atoms with Gasteiger partial charge in [0.05, 0.1) is 5.56 Å². The van der Waals surface area contributed by atoms with E-state index >= 15 is 0 Å². The van der Waals surface area contributed by atoms with Crippen LogP contribution in [0.1, 0.15) is 35.3 Å². The fourth-order valence-corrected chi connectivity index (χ4v) is 3.56. The van der Waals surface area contributed by atoms with E-state index in [0.29, 0.717) is 18.2 Å². The zero-order valence-electron chi connectivity index (χ0n) is 16.4. The Balaban J connectivity index is 1.67. The van der Waals surface area contributed by atoms with Crippen LogP contribution in [-0.4, -0.2) is 48.2 Å². The van der Waals surface area contributed by atoms with Crippen LogP contribution in [0.4, 0.5) is 11.4 Å².